The summed E-state index contributed by atoms with van der Waals surface area (Å²) in [7, 11) is 0. The first-order valence-corrected chi connectivity index (χ1v) is 12.2. The fourth-order valence-corrected chi connectivity index (χ4v) is 4.72. The Hall–Kier alpha value is -3.70. The zero-order chi connectivity index (χ0) is 23.9. The molecule has 4 rings (SSSR count). The van der Waals surface area contributed by atoms with Crippen molar-refractivity contribution in [2.75, 3.05) is 12.4 Å². The van der Waals surface area contributed by atoms with Gasteiger partial charge in [-0.25, -0.2) is 9.50 Å². The topological polar surface area (TPSA) is 93.2 Å². The Kier molecular flexibility index (Phi) is 7.55. The third kappa shape index (κ3) is 5.10. The van der Waals surface area contributed by atoms with Crippen LogP contribution >= 0.6 is 11.8 Å². The number of carbonyl (C=O) groups excluding carboxylic acids is 1. The van der Waals surface area contributed by atoms with Crippen molar-refractivity contribution in [3.63, 3.8) is 0 Å². The lowest BCUT2D eigenvalue weighted by Gasteiger charge is -2.15. The molecule has 0 saturated heterocycles. The number of aryl methyl sites for hydroxylation is 1. The highest BCUT2D eigenvalue weighted by Gasteiger charge is 2.18. The molecule has 0 aliphatic rings. The van der Waals surface area contributed by atoms with Gasteiger partial charge in [-0.3, -0.25) is 4.79 Å². The van der Waals surface area contributed by atoms with E-state index in [9.17, 15) is 10.1 Å². The van der Waals surface area contributed by atoms with Crippen molar-refractivity contribution in [2.24, 2.45) is 0 Å². The van der Waals surface area contributed by atoms with Crippen LogP contribution in [-0.4, -0.2) is 37.9 Å². The average molecular weight is 472 g/mol. The van der Waals surface area contributed by atoms with E-state index in [0.717, 1.165) is 45.8 Å². The molecule has 8 heteroatoms. The number of fused-ring (bicyclic) bond motifs is 1. The molecule has 0 radical (unpaired) electrons. The SMILES string of the molecule is CCCc1c(Cc2ccc(-c3ccccc3C#N)cc2)c(SCC(=O)OCC)nc2ncnn12. The van der Waals surface area contributed by atoms with E-state index in [1.165, 1.54) is 18.1 Å². The first kappa shape index (κ1) is 23.5. The molecule has 0 saturated carbocycles. The first-order chi connectivity index (χ1) is 16.6. The van der Waals surface area contributed by atoms with Crippen LogP contribution in [0.3, 0.4) is 0 Å². The molecule has 0 fully saturated rings. The molecule has 2 heterocycles. The van der Waals surface area contributed by atoms with Crippen LogP contribution in [0, 0.1) is 11.3 Å². The molecule has 0 aliphatic carbocycles. The smallest absolute Gasteiger partial charge is 0.316 e. The maximum absolute atomic E-state index is 12.0. The van der Waals surface area contributed by atoms with Gasteiger partial charge in [0, 0.05) is 12.0 Å². The number of aromatic nitrogens is 4. The van der Waals surface area contributed by atoms with Gasteiger partial charge in [-0.15, -0.1) is 0 Å². The second kappa shape index (κ2) is 10.9. The fraction of sp³-hybridized carbons (Fsp3) is 0.269. The molecule has 34 heavy (non-hydrogen) atoms. The predicted molar refractivity (Wildman–Crippen MR) is 132 cm³/mol. The second-order valence-electron chi connectivity index (χ2n) is 7.69. The van der Waals surface area contributed by atoms with E-state index in [1.54, 1.807) is 11.4 Å². The number of carbonyl (C=O) groups is 1. The zero-order valence-electron chi connectivity index (χ0n) is 19.2. The minimum absolute atomic E-state index is 0.188. The van der Waals surface area contributed by atoms with E-state index in [1.807, 2.05) is 36.4 Å². The zero-order valence-corrected chi connectivity index (χ0v) is 20.0. The second-order valence-corrected chi connectivity index (χ2v) is 8.65. The third-order valence-electron chi connectivity index (χ3n) is 5.41. The van der Waals surface area contributed by atoms with Gasteiger partial charge < -0.3 is 4.74 Å². The number of nitriles is 1. The highest BCUT2D eigenvalue weighted by molar-refractivity contribution is 7.99. The Bertz CT molecular complexity index is 1340. The van der Waals surface area contributed by atoms with Crippen molar-refractivity contribution in [3.05, 3.63) is 77.2 Å². The molecule has 0 bridgehead atoms. The van der Waals surface area contributed by atoms with Crippen LogP contribution in [0.1, 0.15) is 42.7 Å². The van der Waals surface area contributed by atoms with Crippen LogP contribution in [-0.2, 0) is 22.4 Å². The molecule has 4 aromatic rings. The van der Waals surface area contributed by atoms with Gasteiger partial charge in [0.05, 0.1) is 29.7 Å². The number of rotatable bonds is 9. The Balaban J connectivity index is 1.69. The van der Waals surface area contributed by atoms with E-state index < -0.39 is 0 Å². The van der Waals surface area contributed by atoms with Gasteiger partial charge in [0.25, 0.3) is 5.78 Å². The lowest BCUT2D eigenvalue weighted by atomic mass is 9.97. The molecule has 0 amide bonds. The largest absolute Gasteiger partial charge is 0.465 e. The minimum atomic E-state index is -0.265. The number of hydrogen-bond donors (Lipinski definition) is 0. The number of nitrogens with zero attached hydrogens (tertiary/aromatic N) is 5. The predicted octanol–water partition coefficient (Wildman–Crippen LogP) is 4.86. The highest BCUT2D eigenvalue weighted by atomic mass is 32.2. The van der Waals surface area contributed by atoms with Crippen molar-refractivity contribution in [3.8, 4) is 17.2 Å². The Morgan fingerprint density at radius 1 is 1.15 bits per heavy atom. The lowest BCUT2D eigenvalue weighted by molar-refractivity contribution is -0.139. The van der Waals surface area contributed by atoms with Crippen LogP contribution < -0.4 is 0 Å². The Labute approximate surface area is 202 Å². The van der Waals surface area contributed by atoms with Crippen molar-refractivity contribution >= 4 is 23.5 Å². The summed E-state index contributed by atoms with van der Waals surface area (Å²) >= 11 is 1.37. The Morgan fingerprint density at radius 3 is 2.68 bits per heavy atom. The number of thioether (sulfide) groups is 1. The van der Waals surface area contributed by atoms with Crippen molar-refractivity contribution in [2.45, 2.75) is 38.1 Å². The van der Waals surface area contributed by atoms with E-state index in [4.69, 9.17) is 9.72 Å². The number of hydrogen-bond acceptors (Lipinski definition) is 7. The van der Waals surface area contributed by atoms with Crippen molar-refractivity contribution in [1.29, 1.82) is 5.26 Å². The molecule has 0 atom stereocenters. The van der Waals surface area contributed by atoms with Gasteiger partial charge in [-0.2, -0.15) is 15.3 Å². The van der Waals surface area contributed by atoms with Crippen LogP contribution in [0.5, 0.6) is 0 Å². The summed E-state index contributed by atoms with van der Waals surface area (Å²) in [5.41, 5.74) is 5.76. The van der Waals surface area contributed by atoms with Gasteiger partial charge in [-0.1, -0.05) is 67.6 Å². The van der Waals surface area contributed by atoms with E-state index in [-0.39, 0.29) is 11.7 Å². The summed E-state index contributed by atoms with van der Waals surface area (Å²) in [6.45, 7) is 4.28. The maximum Gasteiger partial charge on any atom is 0.316 e. The van der Waals surface area contributed by atoms with Crippen LogP contribution in [0.2, 0.25) is 0 Å². The van der Waals surface area contributed by atoms with Crippen molar-refractivity contribution < 1.29 is 9.53 Å². The molecule has 0 spiro atoms. The quantitative estimate of drug-likeness (QED) is 0.195. The first-order valence-electron chi connectivity index (χ1n) is 11.2. The number of ether oxygens (including phenoxy) is 1. The molecule has 172 valence electrons. The summed E-state index contributed by atoms with van der Waals surface area (Å²) in [6, 6.07) is 18.1. The van der Waals surface area contributed by atoms with Gasteiger partial charge in [-0.05, 0) is 36.1 Å². The summed E-state index contributed by atoms with van der Waals surface area (Å²) < 4.78 is 6.90. The molecule has 0 N–H and O–H groups in total. The molecular weight excluding hydrogens is 446 g/mol. The van der Waals surface area contributed by atoms with Gasteiger partial charge in [0.15, 0.2) is 0 Å². The fourth-order valence-electron chi connectivity index (χ4n) is 3.87. The highest BCUT2D eigenvalue weighted by Crippen LogP contribution is 2.29. The average Bonchev–Trinajstić information content (AvgIpc) is 3.33. The van der Waals surface area contributed by atoms with Gasteiger partial charge >= 0.3 is 5.97 Å². The van der Waals surface area contributed by atoms with E-state index in [0.29, 0.717) is 24.4 Å². The molecule has 2 aromatic heterocycles. The van der Waals surface area contributed by atoms with Crippen LogP contribution in [0.15, 0.2) is 59.9 Å². The van der Waals surface area contributed by atoms with Crippen molar-refractivity contribution in [1.82, 2.24) is 19.6 Å². The summed E-state index contributed by atoms with van der Waals surface area (Å²) in [6.07, 6.45) is 3.91. The lowest BCUT2D eigenvalue weighted by Crippen LogP contribution is -2.11. The molecule has 0 aliphatic heterocycles. The van der Waals surface area contributed by atoms with Crippen LogP contribution in [0.25, 0.3) is 16.9 Å². The third-order valence-corrected chi connectivity index (χ3v) is 6.40. The maximum atomic E-state index is 12.0. The van der Waals surface area contributed by atoms with Crippen LogP contribution in [0.4, 0.5) is 0 Å². The van der Waals surface area contributed by atoms with E-state index in [2.05, 4.69) is 35.2 Å². The van der Waals surface area contributed by atoms with E-state index >= 15 is 0 Å². The summed E-state index contributed by atoms with van der Waals surface area (Å²) in [5, 5.41) is 14.6. The van der Waals surface area contributed by atoms with Gasteiger partial charge in [0.1, 0.15) is 11.4 Å². The standard InChI is InChI=1S/C26H25N5O2S/c1-3-7-23-22(25(34-16-24(32)33-4-2)30-26-28-17-29-31(23)26)14-18-10-12-19(13-11-18)21-9-6-5-8-20(21)15-27/h5-6,8-13,17H,3-4,7,14,16H2,1-2H3. The van der Waals surface area contributed by atoms with Gasteiger partial charge in [0.2, 0.25) is 0 Å². The summed E-state index contributed by atoms with van der Waals surface area (Å²) in [5.74, 6) is 0.453. The number of esters is 1. The Morgan fingerprint density at radius 2 is 1.94 bits per heavy atom. The molecule has 2 aromatic carbocycles. The molecular formula is C26H25N5O2S. The monoisotopic (exact) mass is 471 g/mol. The molecule has 7 nitrogen and oxygen atoms in total. The normalized spacial score (nSPS) is 10.9. The number of benzene rings is 2. The minimum Gasteiger partial charge on any atom is -0.465 e. The molecule has 0 unspecified atom stereocenters. The summed E-state index contributed by atoms with van der Waals surface area (Å²) in [4.78, 5) is 21.0.